The van der Waals surface area contributed by atoms with Crippen LogP contribution >= 0.6 is 0 Å². The predicted octanol–water partition coefficient (Wildman–Crippen LogP) is 4.45. The number of halogens is 1. The number of aromatic nitrogens is 1. The molecule has 2 heterocycles. The number of likely N-dealkylation sites (tertiary alicyclic amines) is 1. The molecule has 0 aliphatic carbocycles. The Labute approximate surface area is 224 Å². The maximum atomic E-state index is 14.6. The third-order valence-electron chi connectivity index (χ3n) is 7.22. The van der Waals surface area contributed by atoms with Crippen molar-refractivity contribution in [2.45, 2.75) is 51.6 Å². The Morgan fingerprint density at radius 1 is 1.21 bits per heavy atom. The van der Waals surface area contributed by atoms with Crippen LogP contribution in [0.2, 0.25) is 0 Å². The van der Waals surface area contributed by atoms with Gasteiger partial charge in [0, 0.05) is 44.9 Å². The van der Waals surface area contributed by atoms with E-state index in [9.17, 15) is 17.6 Å². The summed E-state index contributed by atoms with van der Waals surface area (Å²) in [7, 11) is -1.95. The lowest BCUT2D eigenvalue weighted by molar-refractivity contribution is 0.0714. The van der Waals surface area contributed by atoms with E-state index < -0.39 is 10.0 Å². The van der Waals surface area contributed by atoms with Gasteiger partial charge in [0.2, 0.25) is 10.0 Å². The van der Waals surface area contributed by atoms with E-state index in [1.54, 1.807) is 36.4 Å². The van der Waals surface area contributed by atoms with Gasteiger partial charge in [0.25, 0.3) is 5.91 Å². The molecule has 1 amide bonds. The molecule has 0 unspecified atom stereocenters. The first kappa shape index (κ1) is 28.1. The molecule has 1 aliphatic heterocycles. The summed E-state index contributed by atoms with van der Waals surface area (Å²) >= 11 is 0. The van der Waals surface area contributed by atoms with Crippen LogP contribution in [0.1, 0.15) is 60.0 Å². The SMILES string of the molecule is CCCCS(=O)(=O)Nc1cccc2c1c(C(=O)N1CCC(c3cc(CN)ccc3F)CC1)cn2CCOC. The van der Waals surface area contributed by atoms with Crippen molar-refractivity contribution in [1.29, 1.82) is 0 Å². The van der Waals surface area contributed by atoms with Crippen molar-refractivity contribution in [3.8, 4) is 0 Å². The number of unbranched alkanes of at least 4 members (excludes halogenated alkanes) is 1. The van der Waals surface area contributed by atoms with E-state index >= 15 is 0 Å². The summed E-state index contributed by atoms with van der Waals surface area (Å²) in [6, 6.07) is 10.4. The molecule has 3 N–H and O–H groups in total. The largest absolute Gasteiger partial charge is 0.383 e. The van der Waals surface area contributed by atoms with Crippen molar-refractivity contribution >= 4 is 32.5 Å². The molecule has 1 aromatic heterocycles. The molecule has 0 bridgehead atoms. The summed E-state index contributed by atoms with van der Waals surface area (Å²) in [5.74, 6) is -0.382. The maximum absolute atomic E-state index is 14.6. The molecule has 206 valence electrons. The van der Waals surface area contributed by atoms with Gasteiger partial charge in [0.05, 0.1) is 29.1 Å². The van der Waals surface area contributed by atoms with Gasteiger partial charge in [0.15, 0.2) is 0 Å². The predicted molar refractivity (Wildman–Crippen MR) is 148 cm³/mol. The smallest absolute Gasteiger partial charge is 0.256 e. The van der Waals surface area contributed by atoms with Gasteiger partial charge in [-0.1, -0.05) is 31.5 Å². The lowest BCUT2D eigenvalue weighted by Gasteiger charge is -2.32. The van der Waals surface area contributed by atoms with Crippen LogP contribution in [0.25, 0.3) is 10.9 Å². The number of anilines is 1. The minimum atomic E-state index is -3.56. The van der Waals surface area contributed by atoms with Crippen molar-refractivity contribution in [3.63, 3.8) is 0 Å². The summed E-state index contributed by atoms with van der Waals surface area (Å²) < 4.78 is 49.9. The number of amides is 1. The van der Waals surface area contributed by atoms with E-state index in [1.807, 2.05) is 23.6 Å². The number of hydrogen-bond donors (Lipinski definition) is 2. The van der Waals surface area contributed by atoms with Gasteiger partial charge in [-0.15, -0.1) is 0 Å². The van der Waals surface area contributed by atoms with E-state index in [0.717, 1.165) is 17.5 Å². The quantitative estimate of drug-likeness (QED) is 0.371. The number of fused-ring (bicyclic) bond motifs is 1. The fourth-order valence-electron chi connectivity index (χ4n) is 5.12. The van der Waals surface area contributed by atoms with Crippen molar-refractivity contribution in [2.75, 3.05) is 37.3 Å². The van der Waals surface area contributed by atoms with Crippen LogP contribution < -0.4 is 10.5 Å². The standard InChI is InChI=1S/C28H37FN4O4S/c1-3-4-16-38(35,36)31-25-6-5-7-26-27(25)23(19-33(26)14-15-37-2)28(34)32-12-10-21(11-13-32)22-17-20(18-30)8-9-24(22)29/h5-9,17,19,21,31H,3-4,10-16,18,30H2,1-2H3. The van der Waals surface area contributed by atoms with Crippen molar-refractivity contribution in [3.05, 3.63) is 65.1 Å². The first-order valence-corrected chi connectivity index (χ1v) is 14.8. The lowest BCUT2D eigenvalue weighted by Crippen LogP contribution is -2.38. The van der Waals surface area contributed by atoms with E-state index in [2.05, 4.69) is 4.72 Å². The zero-order chi connectivity index (χ0) is 27.3. The topological polar surface area (TPSA) is 107 Å². The molecule has 0 spiro atoms. The molecule has 8 nitrogen and oxygen atoms in total. The summed E-state index contributed by atoms with van der Waals surface area (Å²) in [4.78, 5) is 15.6. The van der Waals surface area contributed by atoms with E-state index in [4.69, 9.17) is 10.5 Å². The number of carbonyl (C=O) groups is 1. The minimum Gasteiger partial charge on any atom is -0.383 e. The summed E-state index contributed by atoms with van der Waals surface area (Å²) in [5.41, 5.74) is 8.89. The highest BCUT2D eigenvalue weighted by Gasteiger charge is 2.29. The Morgan fingerprint density at radius 2 is 1.97 bits per heavy atom. The Hall–Kier alpha value is -2.95. The van der Waals surface area contributed by atoms with Crippen molar-refractivity contribution in [2.24, 2.45) is 5.73 Å². The van der Waals surface area contributed by atoms with Gasteiger partial charge in [-0.25, -0.2) is 12.8 Å². The molecule has 1 fully saturated rings. The molecule has 4 rings (SSSR count). The second-order valence-corrected chi connectivity index (χ2v) is 11.7. The molecular formula is C28H37FN4O4S. The zero-order valence-electron chi connectivity index (χ0n) is 22.1. The summed E-state index contributed by atoms with van der Waals surface area (Å²) in [5, 5.41) is 0.581. The fourth-order valence-corrected chi connectivity index (χ4v) is 6.40. The number of piperidine rings is 1. The molecule has 0 atom stereocenters. The highest BCUT2D eigenvalue weighted by Crippen LogP contribution is 2.34. The summed E-state index contributed by atoms with van der Waals surface area (Å²) in [6.45, 7) is 4.21. The number of hydrogen-bond acceptors (Lipinski definition) is 5. The average Bonchev–Trinajstić information content (AvgIpc) is 3.30. The molecular weight excluding hydrogens is 507 g/mol. The van der Waals surface area contributed by atoms with E-state index in [1.165, 1.54) is 6.07 Å². The Bertz CT molecular complexity index is 1380. The van der Waals surface area contributed by atoms with Crippen LogP contribution in [0, 0.1) is 5.82 Å². The number of nitrogens with zero attached hydrogens (tertiary/aromatic N) is 2. The van der Waals surface area contributed by atoms with Crippen LogP contribution in [-0.4, -0.2) is 56.4 Å². The van der Waals surface area contributed by atoms with Gasteiger partial charge in [-0.2, -0.15) is 0 Å². The van der Waals surface area contributed by atoms with Crippen molar-refractivity contribution in [1.82, 2.24) is 9.47 Å². The van der Waals surface area contributed by atoms with Gasteiger partial charge >= 0.3 is 0 Å². The molecule has 3 aromatic rings. The molecule has 38 heavy (non-hydrogen) atoms. The zero-order valence-corrected chi connectivity index (χ0v) is 22.9. The first-order chi connectivity index (χ1) is 18.3. The fraction of sp³-hybridized carbons (Fsp3) is 0.464. The second-order valence-electron chi connectivity index (χ2n) is 9.83. The normalized spacial score (nSPS) is 14.8. The highest BCUT2D eigenvalue weighted by atomic mass is 32.2. The average molecular weight is 545 g/mol. The number of rotatable bonds is 11. The van der Waals surface area contributed by atoms with E-state index in [0.29, 0.717) is 74.2 Å². The number of nitrogens with two attached hydrogens (primary N) is 1. The third kappa shape index (κ3) is 6.19. The van der Waals surface area contributed by atoms with Gasteiger partial charge in [0.1, 0.15) is 5.82 Å². The van der Waals surface area contributed by atoms with Crippen LogP contribution in [0.5, 0.6) is 0 Å². The van der Waals surface area contributed by atoms with Crippen molar-refractivity contribution < 1.29 is 22.3 Å². The van der Waals surface area contributed by atoms with Gasteiger partial charge in [-0.3, -0.25) is 9.52 Å². The monoisotopic (exact) mass is 544 g/mol. The number of sulfonamides is 1. The Balaban J connectivity index is 1.62. The Kier molecular flexibility index (Phi) is 9.07. The molecule has 2 aromatic carbocycles. The number of carbonyl (C=O) groups excluding carboxylic acids is 1. The minimum absolute atomic E-state index is 0.00883. The molecule has 1 aliphatic rings. The summed E-state index contributed by atoms with van der Waals surface area (Å²) in [6.07, 6.45) is 4.37. The second kappa shape index (κ2) is 12.3. The molecule has 10 heteroatoms. The first-order valence-electron chi connectivity index (χ1n) is 13.2. The third-order valence-corrected chi connectivity index (χ3v) is 8.58. The van der Waals surface area contributed by atoms with Crippen LogP contribution in [0.3, 0.4) is 0 Å². The number of benzene rings is 2. The van der Waals surface area contributed by atoms with E-state index in [-0.39, 0.29) is 23.4 Å². The molecule has 0 radical (unpaired) electrons. The highest BCUT2D eigenvalue weighted by molar-refractivity contribution is 7.92. The lowest BCUT2D eigenvalue weighted by atomic mass is 9.88. The molecule has 1 saturated heterocycles. The van der Waals surface area contributed by atoms with Gasteiger partial charge in [-0.05, 0) is 54.5 Å². The number of methoxy groups -OCH3 is 1. The number of ether oxygens (including phenoxy) is 1. The van der Waals surface area contributed by atoms with Crippen LogP contribution in [-0.2, 0) is 27.8 Å². The molecule has 0 saturated carbocycles. The number of nitrogens with one attached hydrogen (secondary N) is 1. The Morgan fingerprint density at radius 3 is 2.66 bits per heavy atom. The van der Waals surface area contributed by atoms with Gasteiger partial charge < -0.3 is 19.9 Å². The van der Waals surface area contributed by atoms with Crippen LogP contribution in [0.4, 0.5) is 10.1 Å². The maximum Gasteiger partial charge on any atom is 0.256 e. The van der Waals surface area contributed by atoms with Crippen LogP contribution in [0.15, 0.2) is 42.6 Å².